The van der Waals surface area contributed by atoms with E-state index in [-0.39, 0.29) is 12.3 Å². The molecule has 2 aromatic carbocycles. The number of para-hydroxylation sites is 1. The summed E-state index contributed by atoms with van der Waals surface area (Å²) in [4.78, 5) is 8.69. The van der Waals surface area contributed by atoms with Gasteiger partial charge in [0, 0.05) is 58.7 Å². The molecule has 4 heterocycles. The molecule has 0 bridgehead atoms. The monoisotopic (exact) mass is 470 g/mol. The molecule has 0 aliphatic carbocycles. The van der Waals surface area contributed by atoms with Crippen molar-refractivity contribution in [3.05, 3.63) is 91.0 Å². The quantitative estimate of drug-likeness (QED) is 0.276. The first kappa shape index (κ1) is 22.0. The van der Waals surface area contributed by atoms with E-state index >= 15 is 0 Å². The average molecular weight is 471 g/mol. The normalized spacial score (nSPS) is 11.0. The van der Waals surface area contributed by atoms with Crippen molar-refractivity contribution in [1.29, 1.82) is 0 Å². The number of aromatic nitrogens is 3. The fourth-order valence-electron chi connectivity index (χ4n) is 4.05. The molecule has 4 aromatic heterocycles. The van der Waals surface area contributed by atoms with Crippen LogP contribution in [0.2, 0.25) is 0 Å². The Balaban J connectivity index is 0.00000117. The van der Waals surface area contributed by atoms with Gasteiger partial charge in [0.15, 0.2) is 18.0 Å². The maximum atomic E-state index is 13.1. The molecule has 0 saturated heterocycles. The average Bonchev–Trinajstić information content (AvgIpc) is 3.52. The molecule has 0 atom stereocenters. The number of pyridine rings is 2. The van der Waals surface area contributed by atoms with Crippen molar-refractivity contribution in [2.75, 3.05) is 5.32 Å². The van der Waals surface area contributed by atoms with Gasteiger partial charge in [0.25, 0.3) is 0 Å². The van der Waals surface area contributed by atoms with Gasteiger partial charge in [-0.3, -0.25) is 4.98 Å². The summed E-state index contributed by atoms with van der Waals surface area (Å²) in [5.41, 5.74) is 4.45. The van der Waals surface area contributed by atoms with E-state index in [1.807, 2.05) is 62.6 Å². The number of nitrogens with zero attached hydrogens (tertiary/aromatic N) is 3. The molecule has 6 aromatic rings. The largest absolute Gasteiger partial charge is 0.456 e. The summed E-state index contributed by atoms with van der Waals surface area (Å²) in [5, 5.41) is 7.54. The fraction of sp³-hybridized carbons (Fsp3) is 0.111. The van der Waals surface area contributed by atoms with Crippen LogP contribution in [0.15, 0.2) is 89.9 Å². The molecule has 0 amide bonds. The molecule has 7 heteroatoms. The second-order valence-electron chi connectivity index (χ2n) is 7.55. The lowest BCUT2D eigenvalue weighted by Crippen LogP contribution is -2.00. The minimum Gasteiger partial charge on any atom is -0.456 e. The number of hydrogen-bond donors (Lipinski definition) is 1. The third-order valence-corrected chi connectivity index (χ3v) is 6.07. The lowest BCUT2D eigenvalue weighted by Gasteiger charge is -2.10. The summed E-state index contributed by atoms with van der Waals surface area (Å²) < 4.78 is 20.6. The van der Waals surface area contributed by atoms with Gasteiger partial charge in [-0.15, -0.1) is 3.89 Å². The van der Waals surface area contributed by atoms with E-state index in [0.717, 1.165) is 49.7 Å². The molecule has 0 unspecified atom stereocenters. The predicted molar refractivity (Wildman–Crippen MR) is 139 cm³/mol. The molecule has 0 radical (unpaired) electrons. The van der Waals surface area contributed by atoms with Gasteiger partial charge >= 0.3 is 0 Å². The predicted octanol–water partition coefficient (Wildman–Crippen LogP) is 8.02. The van der Waals surface area contributed by atoms with Crippen LogP contribution in [-0.4, -0.2) is 13.9 Å². The Morgan fingerprint density at radius 3 is 2.71 bits per heavy atom. The third kappa shape index (κ3) is 3.99. The zero-order valence-electron chi connectivity index (χ0n) is 18.8. The first-order chi connectivity index (χ1) is 16.8. The van der Waals surface area contributed by atoms with Crippen LogP contribution in [0.4, 0.5) is 9.57 Å². The highest BCUT2D eigenvalue weighted by atomic mass is 32.2. The van der Waals surface area contributed by atoms with Crippen LogP contribution in [0.3, 0.4) is 0 Å². The second-order valence-corrected chi connectivity index (χ2v) is 8.08. The summed E-state index contributed by atoms with van der Waals surface area (Å²) in [7, 11) is 0. The molecular formula is C27H23FN4OS. The molecule has 1 N–H and O–H groups in total. The maximum absolute atomic E-state index is 13.1. The van der Waals surface area contributed by atoms with Gasteiger partial charge in [-0.05, 0) is 41.3 Å². The van der Waals surface area contributed by atoms with Crippen molar-refractivity contribution in [3.63, 3.8) is 0 Å². The molecule has 34 heavy (non-hydrogen) atoms. The Hall–Kier alpha value is -3.84. The Morgan fingerprint density at radius 2 is 1.85 bits per heavy atom. The molecule has 0 fully saturated rings. The zero-order chi connectivity index (χ0) is 23.5. The van der Waals surface area contributed by atoms with E-state index in [4.69, 9.17) is 4.42 Å². The van der Waals surface area contributed by atoms with Gasteiger partial charge in [0.05, 0.1) is 0 Å². The van der Waals surface area contributed by atoms with E-state index in [2.05, 4.69) is 39.6 Å². The standard InChI is InChI=1S/C25H17FN4OS.C2H6/c26-32-30-10-8-19-22(7-9-28-25(19)30)29-13-16-5-6-18-14-27-15-21(20(18)11-16)24-12-17-3-1-2-4-23(17)31-24;1-2/h1-12,14-15H,13H2,(H,28,29);1-2H3. The van der Waals surface area contributed by atoms with Gasteiger partial charge in [-0.1, -0.05) is 44.2 Å². The zero-order valence-corrected chi connectivity index (χ0v) is 19.6. The minimum atomic E-state index is 0.142. The van der Waals surface area contributed by atoms with Crippen LogP contribution in [0, 0.1) is 0 Å². The van der Waals surface area contributed by atoms with Crippen LogP contribution >= 0.6 is 12.3 Å². The Labute approximate surface area is 201 Å². The lowest BCUT2D eigenvalue weighted by atomic mass is 10.0. The highest BCUT2D eigenvalue weighted by Gasteiger charge is 2.12. The summed E-state index contributed by atoms with van der Waals surface area (Å²) >= 11 is 0.142. The van der Waals surface area contributed by atoms with Gasteiger partial charge in [0.2, 0.25) is 0 Å². The number of furan rings is 1. The number of anilines is 1. The van der Waals surface area contributed by atoms with E-state index in [9.17, 15) is 3.89 Å². The molecule has 170 valence electrons. The number of halogens is 1. The van der Waals surface area contributed by atoms with Crippen LogP contribution in [0.1, 0.15) is 19.4 Å². The summed E-state index contributed by atoms with van der Waals surface area (Å²) in [6.07, 6.45) is 7.07. The van der Waals surface area contributed by atoms with Gasteiger partial charge < -0.3 is 9.73 Å². The van der Waals surface area contributed by atoms with Crippen molar-refractivity contribution in [1.82, 2.24) is 13.9 Å². The molecule has 0 saturated carbocycles. The molecule has 0 spiro atoms. The topological polar surface area (TPSA) is 55.9 Å². The molecular weight excluding hydrogens is 447 g/mol. The van der Waals surface area contributed by atoms with Gasteiger partial charge in [-0.2, -0.15) is 0 Å². The van der Waals surface area contributed by atoms with Crippen LogP contribution in [0.25, 0.3) is 44.1 Å². The number of nitrogens with one attached hydrogen (secondary N) is 1. The smallest absolute Gasteiger partial charge is 0.171 e. The number of hydrogen-bond acceptors (Lipinski definition) is 5. The summed E-state index contributed by atoms with van der Waals surface area (Å²) in [6, 6.07) is 20.1. The molecule has 5 nitrogen and oxygen atoms in total. The van der Waals surface area contributed by atoms with Crippen molar-refractivity contribution >= 4 is 50.8 Å². The van der Waals surface area contributed by atoms with Crippen LogP contribution < -0.4 is 5.32 Å². The highest BCUT2D eigenvalue weighted by Crippen LogP contribution is 2.33. The van der Waals surface area contributed by atoms with Crippen molar-refractivity contribution in [3.8, 4) is 11.3 Å². The summed E-state index contributed by atoms with van der Waals surface area (Å²) in [5.74, 6) is 0.801. The van der Waals surface area contributed by atoms with Gasteiger partial charge in [0.1, 0.15) is 11.3 Å². The van der Waals surface area contributed by atoms with Crippen molar-refractivity contribution in [2.24, 2.45) is 0 Å². The Bertz CT molecular complexity index is 1560. The van der Waals surface area contributed by atoms with Crippen molar-refractivity contribution in [2.45, 2.75) is 20.4 Å². The molecule has 6 rings (SSSR count). The SMILES string of the molecule is CC.FSn1ccc2c(NCc3ccc4cncc(-c5cc6ccccc6o5)c4c3)ccnc21. The van der Waals surface area contributed by atoms with Crippen molar-refractivity contribution < 1.29 is 8.30 Å². The summed E-state index contributed by atoms with van der Waals surface area (Å²) in [6.45, 7) is 4.62. The number of benzene rings is 2. The highest BCUT2D eigenvalue weighted by molar-refractivity contribution is 7.92. The lowest BCUT2D eigenvalue weighted by molar-refractivity contribution is 0.632. The maximum Gasteiger partial charge on any atom is 0.171 e. The van der Waals surface area contributed by atoms with E-state index in [0.29, 0.717) is 12.2 Å². The number of fused-ring (bicyclic) bond motifs is 3. The molecule has 0 aliphatic heterocycles. The van der Waals surface area contributed by atoms with Crippen LogP contribution in [0.5, 0.6) is 0 Å². The van der Waals surface area contributed by atoms with E-state index in [1.54, 1.807) is 12.4 Å². The third-order valence-electron chi connectivity index (χ3n) is 5.63. The Kier molecular flexibility index (Phi) is 6.18. The number of rotatable bonds is 5. The fourth-order valence-corrected chi connectivity index (χ4v) is 4.37. The van der Waals surface area contributed by atoms with E-state index in [1.165, 1.54) is 3.97 Å². The molecule has 0 aliphatic rings. The Morgan fingerprint density at radius 1 is 0.971 bits per heavy atom. The first-order valence-corrected chi connectivity index (χ1v) is 11.8. The first-order valence-electron chi connectivity index (χ1n) is 11.1. The van der Waals surface area contributed by atoms with E-state index < -0.39 is 0 Å². The van der Waals surface area contributed by atoms with Gasteiger partial charge in [-0.25, -0.2) is 8.96 Å². The van der Waals surface area contributed by atoms with Crippen LogP contribution in [-0.2, 0) is 6.54 Å². The minimum absolute atomic E-state index is 0.142. The second kappa shape index (κ2) is 9.57.